The molecular weight excluding hydrogens is 1090 g/mol. The van der Waals surface area contributed by atoms with Crippen molar-refractivity contribution in [2.45, 2.75) is 0 Å². The van der Waals surface area contributed by atoms with E-state index in [0.29, 0.717) is 34.8 Å². The average Bonchev–Trinajstić information content (AvgIpc) is 1.47. The Morgan fingerprint density at radius 1 is 0.284 bits per heavy atom. The molecule has 4 aliphatic rings. The highest BCUT2D eigenvalue weighted by atomic mass is 16.5. The Morgan fingerprint density at radius 3 is 1.43 bits per heavy atom. The number of para-hydroxylation sites is 11. The van der Waals surface area contributed by atoms with E-state index < -0.39 is 0 Å². The molecule has 410 valence electrons. The maximum absolute atomic E-state index is 7.18. The standard InChI is InChI=1S/C76H42N8O4/c1-2-19-43(20-3-1)67-48-24-4-7-26-53(48)78-76(79-67)84-56-38-37-45(40-50(56)52-42-66-71-73(69(52)84)88-64-36-17-13-32-60(64)82(71)58-30-11-15-34-62(58)86-66)44-21-18-22-46(39-44)74-77-54-27-8-5-25-49(54)75(80-74)83-55-28-9-6-23-47(55)51-41-65-70-72(68(51)83)87-63-35-16-12-31-59(63)81(70)57-29-10-14-33-61(57)85-65/h1-42H. The van der Waals surface area contributed by atoms with E-state index in [9.17, 15) is 0 Å². The summed E-state index contributed by atoms with van der Waals surface area (Å²) < 4.78 is 32.4. The van der Waals surface area contributed by atoms with Crippen LogP contribution < -0.4 is 28.7 Å². The summed E-state index contributed by atoms with van der Waals surface area (Å²) in [5.41, 5.74) is 15.2. The van der Waals surface area contributed by atoms with E-state index in [4.69, 9.17) is 38.9 Å². The van der Waals surface area contributed by atoms with Gasteiger partial charge in [0.05, 0.1) is 50.5 Å². The average molecular weight is 1130 g/mol. The van der Waals surface area contributed by atoms with E-state index in [1.165, 1.54) is 0 Å². The van der Waals surface area contributed by atoms with Crippen molar-refractivity contribution in [3.05, 3.63) is 255 Å². The van der Waals surface area contributed by atoms with Gasteiger partial charge in [-0.1, -0.05) is 152 Å². The van der Waals surface area contributed by atoms with E-state index in [-0.39, 0.29) is 0 Å². The van der Waals surface area contributed by atoms with Crippen LogP contribution in [0.4, 0.5) is 34.1 Å². The summed E-state index contributed by atoms with van der Waals surface area (Å²) >= 11 is 0. The van der Waals surface area contributed by atoms with Crippen molar-refractivity contribution in [2.24, 2.45) is 0 Å². The molecule has 16 aromatic rings. The van der Waals surface area contributed by atoms with Crippen LogP contribution in [0, 0.1) is 0 Å². The summed E-state index contributed by atoms with van der Waals surface area (Å²) in [5, 5.41) is 5.74. The van der Waals surface area contributed by atoms with Crippen molar-refractivity contribution >= 4 is 99.5 Å². The van der Waals surface area contributed by atoms with Gasteiger partial charge in [-0.2, -0.15) is 0 Å². The third kappa shape index (κ3) is 6.56. The predicted molar refractivity (Wildman–Crippen MR) is 347 cm³/mol. The van der Waals surface area contributed by atoms with Crippen molar-refractivity contribution in [2.75, 3.05) is 9.80 Å². The lowest BCUT2D eigenvalue weighted by Gasteiger charge is -2.38. The molecule has 0 saturated heterocycles. The Morgan fingerprint density at radius 2 is 0.773 bits per heavy atom. The minimum Gasteiger partial charge on any atom is -0.453 e. The lowest BCUT2D eigenvalue weighted by molar-refractivity contribution is 0.448. The highest BCUT2D eigenvalue weighted by Gasteiger charge is 2.40. The smallest absolute Gasteiger partial charge is 0.235 e. The normalized spacial score (nSPS) is 13.1. The number of rotatable bonds is 5. The Hall–Kier alpha value is -12.3. The van der Waals surface area contributed by atoms with Crippen LogP contribution in [-0.2, 0) is 0 Å². The first-order valence-electron chi connectivity index (χ1n) is 29.3. The molecule has 12 aromatic carbocycles. The molecule has 0 saturated carbocycles. The van der Waals surface area contributed by atoms with E-state index in [2.05, 4.69) is 158 Å². The fourth-order valence-corrected chi connectivity index (χ4v) is 13.8. The number of benzene rings is 12. The minimum atomic E-state index is 0.513. The molecule has 8 heterocycles. The molecule has 0 aliphatic carbocycles. The summed E-state index contributed by atoms with van der Waals surface area (Å²) in [6.45, 7) is 0. The van der Waals surface area contributed by atoms with Crippen LogP contribution in [0.15, 0.2) is 255 Å². The molecule has 0 N–H and O–H groups in total. The second-order valence-electron chi connectivity index (χ2n) is 22.5. The highest BCUT2D eigenvalue weighted by Crippen LogP contribution is 2.64. The molecule has 4 aliphatic heterocycles. The monoisotopic (exact) mass is 1130 g/mol. The number of ether oxygens (including phenoxy) is 4. The predicted octanol–water partition coefficient (Wildman–Crippen LogP) is 20.1. The quantitative estimate of drug-likeness (QED) is 0.165. The number of fused-ring (bicyclic) bond motifs is 18. The fraction of sp³-hybridized carbons (Fsp3) is 0. The topological polar surface area (TPSA) is 105 Å². The molecule has 0 fully saturated rings. The largest absolute Gasteiger partial charge is 0.453 e. The molecule has 0 amide bonds. The summed E-state index contributed by atoms with van der Waals surface area (Å²) in [5.74, 6) is 7.51. The van der Waals surface area contributed by atoms with Gasteiger partial charge in [0.25, 0.3) is 0 Å². The molecule has 4 aromatic heterocycles. The van der Waals surface area contributed by atoms with E-state index >= 15 is 0 Å². The van der Waals surface area contributed by atoms with Crippen LogP contribution in [0.3, 0.4) is 0 Å². The van der Waals surface area contributed by atoms with Gasteiger partial charge in [-0.15, -0.1) is 0 Å². The van der Waals surface area contributed by atoms with E-state index in [0.717, 1.165) is 156 Å². The van der Waals surface area contributed by atoms with Gasteiger partial charge < -0.3 is 18.9 Å². The number of aromatic nitrogens is 6. The van der Waals surface area contributed by atoms with Gasteiger partial charge in [0, 0.05) is 43.4 Å². The summed E-state index contributed by atoms with van der Waals surface area (Å²) in [6, 6.07) is 87.4. The Balaban J connectivity index is 0.795. The van der Waals surface area contributed by atoms with Gasteiger partial charge in [0.2, 0.25) is 5.95 Å². The first-order chi connectivity index (χ1) is 43.6. The van der Waals surface area contributed by atoms with Crippen molar-refractivity contribution < 1.29 is 18.9 Å². The van der Waals surface area contributed by atoms with E-state index in [1.54, 1.807) is 0 Å². The molecule has 12 heteroatoms. The van der Waals surface area contributed by atoms with Crippen LogP contribution in [0.2, 0.25) is 0 Å². The summed E-state index contributed by atoms with van der Waals surface area (Å²) in [7, 11) is 0. The Bertz CT molecular complexity index is 5740. The number of anilines is 6. The van der Waals surface area contributed by atoms with Gasteiger partial charge in [0.15, 0.2) is 51.8 Å². The first kappa shape index (κ1) is 47.1. The lowest BCUT2D eigenvalue weighted by Crippen LogP contribution is -2.20. The third-order valence-corrected chi connectivity index (χ3v) is 17.6. The van der Waals surface area contributed by atoms with Gasteiger partial charge in [0.1, 0.15) is 28.2 Å². The second kappa shape index (κ2) is 17.6. The third-order valence-electron chi connectivity index (χ3n) is 17.6. The molecule has 12 nitrogen and oxygen atoms in total. The van der Waals surface area contributed by atoms with Gasteiger partial charge in [-0.05, 0) is 114 Å². The van der Waals surface area contributed by atoms with Gasteiger partial charge in [-0.3, -0.25) is 18.9 Å². The number of hydrogen-bond acceptors (Lipinski definition) is 10. The zero-order valence-electron chi connectivity index (χ0n) is 46.5. The molecule has 0 spiro atoms. The first-order valence-corrected chi connectivity index (χ1v) is 29.3. The molecule has 0 atom stereocenters. The van der Waals surface area contributed by atoms with Crippen LogP contribution in [0.25, 0.3) is 111 Å². The van der Waals surface area contributed by atoms with Crippen molar-refractivity contribution in [3.63, 3.8) is 0 Å². The Labute approximate surface area is 501 Å². The minimum absolute atomic E-state index is 0.513. The summed E-state index contributed by atoms with van der Waals surface area (Å²) in [4.78, 5) is 26.4. The van der Waals surface area contributed by atoms with Crippen LogP contribution in [0.1, 0.15) is 0 Å². The second-order valence-corrected chi connectivity index (χ2v) is 22.5. The molecule has 0 bridgehead atoms. The molecular formula is C76H42N8O4. The van der Waals surface area contributed by atoms with Crippen LogP contribution in [-0.4, -0.2) is 29.1 Å². The number of hydrogen-bond donors (Lipinski definition) is 0. The zero-order chi connectivity index (χ0) is 57.3. The number of nitrogens with zero attached hydrogens (tertiary/aromatic N) is 8. The van der Waals surface area contributed by atoms with Gasteiger partial charge >= 0.3 is 0 Å². The van der Waals surface area contributed by atoms with Crippen LogP contribution >= 0.6 is 0 Å². The van der Waals surface area contributed by atoms with Gasteiger partial charge in [-0.25, -0.2) is 19.9 Å². The zero-order valence-corrected chi connectivity index (χ0v) is 46.5. The van der Waals surface area contributed by atoms with Crippen molar-refractivity contribution in [1.82, 2.24) is 29.1 Å². The lowest BCUT2D eigenvalue weighted by atomic mass is 9.99. The molecule has 0 radical (unpaired) electrons. The maximum atomic E-state index is 7.18. The highest BCUT2D eigenvalue weighted by molar-refractivity contribution is 6.18. The SMILES string of the molecule is c1ccc(-c2nc(-n3c4ccc(-c5cccc(-c6nc(-n7c8ccccc8c8cc9c%10c(c87)Oc7ccccc7N%10c7ccccc7O9)c7ccccc7n6)c5)cc4c4cc5c6c(c43)Oc3ccccc3N6c3ccccc3O5)nc3ccccc23)cc1. The maximum Gasteiger partial charge on any atom is 0.235 e. The molecule has 20 rings (SSSR count). The summed E-state index contributed by atoms with van der Waals surface area (Å²) in [6.07, 6.45) is 0. The van der Waals surface area contributed by atoms with Crippen molar-refractivity contribution in [1.29, 1.82) is 0 Å². The van der Waals surface area contributed by atoms with Crippen molar-refractivity contribution in [3.8, 4) is 91.5 Å². The fourth-order valence-electron chi connectivity index (χ4n) is 13.8. The van der Waals surface area contributed by atoms with Crippen LogP contribution in [0.5, 0.6) is 46.0 Å². The van der Waals surface area contributed by atoms with E-state index in [1.807, 2.05) is 115 Å². The Kier molecular flexibility index (Phi) is 9.45. The molecule has 88 heavy (non-hydrogen) atoms. The molecule has 0 unspecified atom stereocenters.